The number of likely N-dealkylation sites (tertiary alicyclic amines) is 1. The van der Waals surface area contributed by atoms with Crippen molar-refractivity contribution >= 4 is 17.5 Å². The Morgan fingerprint density at radius 3 is 2.46 bits per heavy atom. The smallest absolute Gasteiger partial charge is 0.226 e. The number of benzene rings is 1. The van der Waals surface area contributed by atoms with Gasteiger partial charge in [0.1, 0.15) is 11.5 Å². The topological polar surface area (TPSA) is 77.1 Å². The number of nitrogens with one attached hydrogen (secondary N) is 1. The standard InChI is InChI=1S/C19H28N2O5/c1-24-9-8-21-7-5-4-6-14(19(21)23)10-18(22)20-15-11-16(25-2)13-17(12-15)26-3/h11-14H,4-10H2,1-3H3,(H,20,22). The summed E-state index contributed by atoms with van der Waals surface area (Å²) in [6.07, 6.45) is 2.81. The van der Waals surface area contributed by atoms with Crippen molar-refractivity contribution in [3.8, 4) is 11.5 Å². The lowest BCUT2D eigenvalue weighted by atomic mass is 9.98. The number of amides is 2. The summed E-state index contributed by atoms with van der Waals surface area (Å²) in [5.74, 6) is 0.749. The van der Waals surface area contributed by atoms with Gasteiger partial charge in [0.05, 0.1) is 20.8 Å². The molecule has 26 heavy (non-hydrogen) atoms. The third-order valence-electron chi connectivity index (χ3n) is 4.52. The van der Waals surface area contributed by atoms with E-state index in [4.69, 9.17) is 14.2 Å². The molecule has 0 aliphatic carbocycles. The average molecular weight is 364 g/mol. The van der Waals surface area contributed by atoms with Gasteiger partial charge in [-0.25, -0.2) is 0 Å². The summed E-state index contributed by atoms with van der Waals surface area (Å²) < 4.78 is 15.5. The first-order valence-electron chi connectivity index (χ1n) is 8.88. The molecule has 1 aliphatic heterocycles. The van der Waals surface area contributed by atoms with E-state index in [-0.39, 0.29) is 24.2 Å². The number of anilines is 1. The van der Waals surface area contributed by atoms with E-state index in [1.165, 1.54) is 0 Å². The van der Waals surface area contributed by atoms with E-state index in [1.54, 1.807) is 39.5 Å². The Balaban J connectivity index is 2.00. The Kier molecular flexibility index (Phi) is 7.72. The Morgan fingerprint density at radius 1 is 1.15 bits per heavy atom. The zero-order valence-corrected chi connectivity index (χ0v) is 15.7. The maximum atomic E-state index is 12.7. The second-order valence-electron chi connectivity index (χ2n) is 6.36. The summed E-state index contributed by atoms with van der Waals surface area (Å²) in [4.78, 5) is 27.0. The lowest BCUT2D eigenvalue weighted by Crippen LogP contribution is -2.38. The molecule has 1 saturated heterocycles. The van der Waals surface area contributed by atoms with Crippen molar-refractivity contribution in [3.05, 3.63) is 18.2 Å². The number of hydrogen-bond donors (Lipinski definition) is 1. The molecule has 1 atom stereocenters. The van der Waals surface area contributed by atoms with Gasteiger partial charge in [-0.05, 0) is 12.8 Å². The van der Waals surface area contributed by atoms with Crippen LogP contribution in [0.2, 0.25) is 0 Å². The molecule has 2 rings (SSSR count). The Bertz CT molecular complexity index is 598. The highest BCUT2D eigenvalue weighted by atomic mass is 16.5. The van der Waals surface area contributed by atoms with Crippen molar-refractivity contribution in [3.63, 3.8) is 0 Å². The third-order valence-corrected chi connectivity index (χ3v) is 4.52. The summed E-state index contributed by atoms with van der Waals surface area (Å²) in [5, 5.41) is 2.84. The van der Waals surface area contributed by atoms with E-state index >= 15 is 0 Å². The second kappa shape index (κ2) is 10.0. The molecule has 1 heterocycles. The predicted octanol–water partition coefficient (Wildman–Crippen LogP) is 2.31. The largest absolute Gasteiger partial charge is 0.497 e. The number of methoxy groups -OCH3 is 3. The molecule has 0 bridgehead atoms. The van der Waals surface area contributed by atoms with Crippen molar-refractivity contribution in [2.45, 2.75) is 25.7 Å². The molecule has 0 saturated carbocycles. The van der Waals surface area contributed by atoms with Gasteiger partial charge >= 0.3 is 0 Å². The van der Waals surface area contributed by atoms with Crippen LogP contribution >= 0.6 is 0 Å². The molecular weight excluding hydrogens is 336 g/mol. The van der Waals surface area contributed by atoms with Gasteiger partial charge in [0.15, 0.2) is 0 Å². The fourth-order valence-corrected chi connectivity index (χ4v) is 3.11. The normalized spacial score (nSPS) is 17.6. The van der Waals surface area contributed by atoms with Crippen LogP contribution in [0.25, 0.3) is 0 Å². The first kappa shape index (κ1) is 20.0. The molecule has 144 valence electrons. The fourth-order valence-electron chi connectivity index (χ4n) is 3.11. The van der Waals surface area contributed by atoms with Gasteiger partial charge in [-0.1, -0.05) is 6.42 Å². The quantitative estimate of drug-likeness (QED) is 0.766. The first-order chi connectivity index (χ1) is 12.6. The molecule has 0 aromatic heterocycles. The van der Waals surface area contributed by atoms with Crippen molar-refractivity contribution in [1.82, 2.24) is 4.90 Å². The molecule has 1 aliphatic rings. The minimum atomic E-state index is -0.290. The molecular formula is C19H28N2O5. The summed E-state index contributed by atoms with van der Waals surface area (Å²) in [7, 11) is 4.73. The fraction of sp³-hybridized carbons (Fsp3) is 0.579. The van der Waals surface area contributed by atoms with Gasteiger partial charge in [0.25, 0.3) is 0 Å². The molecule has 1 aromatic rings. The molecule has 7 nitrogen and oxygen atoms in total. The number of nitrogens with zero attached hydrogens (tertiary/aromatic N) is 1. The summed E-state index contributed by atoms with van der Waals surface area (Å²) in [6, 6.07) is 5.18. The van der Waals surface area contributed by atoms with Crippen molar-refractivity contribution in [1.29, 1.82) is 0 Å². The highest BCUT2D eigenvalue weighted by molar-refractivity contribution is 5.94. The van der Waals surface area contributed by atoms with Gasteiger partial charge in [-0.2, -0.15) is 0 Å². The summed E-state index contributed by atoms with van der Waals surface area (Å²) in [6.45, 7) is 1.81. The van der Waals surface area contributed by atoms with Gasteiger partial charge < -0.3 is 24.4 Å². The molecule has 2 amide bonds. The van der Waals surface area contributed by atoms with Gasteiger partial charge in [0, 0.05) is 56.4 Å². The number of carbonyl (C=O) groups excluding carboxylic acids is 2. The van der Waals surface area contributed by atoms with E-state index < -0.39 is 0 Å². The van der Waals surface area contributed by atoms with Crippen LogP contribution in [0.4, 0.5) is 5.69 Å². The lowest BCUT2D eigenvalue weighted by molar-refractivity contribution is -0.137. The highest BCUT2D eigenvalue weighted by Crippen LogP contribution is 2.27. The Morgan fingerprint density at radius 2 is 1.85 bits per heavy atom. The molecule has 0 spiro atoms. The van der Waals surface area contributed by atoms with Crippen LogP contribution in [0.5, 0.6) is 11.5 Å². The third kappa shape index (κ3) is 5.62. The van der Waals surface area contributed by atoms with Crippen LogP contribution in [0.3, 0.4) is 0 Å². The van der Waals surface area contributed by atoms with Crippen LogP contribution in [-0.2, 0) is 14.3 Å². The Labute approximate surface area is 154 Å². The minimum absolute atomic E-state index is 0.0397. The van der Waals surface area contributed by atoms with Gasteiger partial charge in [-0.15, -0.1) is 0 Å². The van der Waals surface area contributed by atoms with Crippen LogP contribution < -0.4 is 14.8 Å². The number of rotatable bonds is 8. The Hall–Kier alpha value is -2.28. The number of hydrogen-bond acceptors (Lipinski definition) is 5. The van der Waals surface area contributed by atoms with Crippen molar-refractivity contribution in [2.24, 2.45) is 5.92 Å². The van der Waals surface area contributed by atoms with Crippen LogP contribution in [0.1, 0.15) is 25.7 Å². The molecule has 7 heteroatoms. The molecule has 1 unspecified atom stereocenters. The highest BCUT2D eigenvalue weighted by Gasteiger charge is 2.28. The first-order valence-corrected chi connectivity index (χ1v) is 8.88. The zero-order valence-electron chi connectivity index (χ0n) is 15.7. The SMILES string of the molecule is COCCN1CCCCC(CC(=O)Nc2cc(OC)cc(OC)c2)C1=O. The second-order valence-corrected chi connectivity index (χ2v) is 6.36. The summed E-state index contributed by atoms with van der Waals surface area (Å²) >= 11 is 0. The van der Waals surface area contributed by atoms with Crippen molar-refractivity contribution < 1.29 is 23.8 Å². The van der Waals surface area contributed by atoms with Crippen LogP contribution in [-0.4, -0.2) is 57.7 Å². The van der Waals surface area contributed by atoms with E-state index in [0.29, 0.717) is 30.3 Å². The predicted molar refractivity (Wildman–Crippen MR) is 98.6 cm³/mol. The molecule has 0 radical (unpaired) electrons. The molecule has 1 fully saturated rings. The average Bonchev–Trinajstić information content (AvgIpc) is 2.81. The van der Waals surface area contributed by atoms with E-state index in [0.717, 1.165) is 25.8 Å². The lowest BCUT2D eigenvalue weighted by Gasteiger charge is -2.23. The molecule has 1 N–H and O–H groups in total. The van der Waals surface area contributed by atoms with Crippen molar-refractivity contribution in [2.75, 3.05) is 46.3 Å². The van der Waals surface area contributed by atoms with E-state index in [9.17, 15) is 9.59 Å². The van der Waals surface area contributed by atoms with E-state index in [2.05, 4.69) is 5.32 Å². The maximum absolute atomic E-state index is 12.7. The van der Waals surface area contributed by atoms with Crippen LogP contribution in [0, 0.1) is 5.92 Å². The minimum Gasteiger partial charge on any atom is -0.497 e. The summed E-state index contributed by atoms with van der Waals surface area (Å²) in [5.41, 5.74) is 0.587. The molecule has 1 aromatic carbocycles. The maximum Gasteiger partial charge on any atom is 0.226 e. The monoisotopic (exact) mass is 364 g/mol. The number of carbonyl (C=O) groups is 2. The van der Waals surface area contributed by atoms with E-state index in [1.807, 2.05) is 4.90 Å². The number of ether oxygens (including phenoxy) is 3. The van der Waals surface area contributed by atoms with Gasteiger partial charge in [0.2, 0.25) is 11.8 Å². The van der Waals surface area contributed by atoms with Gasteiger partial charge in [-0.3, -0.25) is 9.59 Å². The zero-order chi connectivity index (χ0) is 18.9. The van der Waals surface area contributed by atoms with Crippen LogP contribution in [0.15, 0.2) is 18.2 Å².